The van der Waals surface area contributed by atoms with E-state index in [9.17, 15) is 14.4 Å². The zero-order valence-corrected chi connectivity index (χ0v) is 15.7. The van der Waals surface area contributed by atoms with Crippen LogP contribution < -0.4 is 0 Å². The molecule has 140 valence electrons. The quantitative estimate of drug-likeness (QED) is 0.757. The third-order valence-corrected chi connectivity index (χ3v) is 5.65. The number of fused-ring (bicyclic) bond motifs is 1. The molecule has 2 aromatic rings. The summed E-state index contributed by atoms with van der Waals surface area (Å²) in [4.78, 5) is 40.4. The Morgan fingerprint density at radius 1 is 1.22 bits per heavy atom. The molecule has 27 heavy (non-hydrogen) atoms. The number of carbonyl (C=O) groups is 3. The van der Waals surface area contributed by atoms with Crippen molar-refractivity contribution in [3.63, 3.8) is 0 Å². The van der Waals surface area contributed by atoms with Crippen molar-refractivity contribution in [2.24, 2.45) is 7.05 Å². The molecule has 0 saturated carbocycles. The van der Waals surface area contributed by atoms with Gasteiger partial charge in [0.25, 0.3) is 11.1 Å². The van der Waals surface area contributed by atoms with Gasteiger partial charge in [0.05, 0.1) is 18.1 Å². The Balaban J connectivity index is 1.55. The first kappa shape index (κ1) is 17.8. The predicted octanol–water partition coefficient (Wildman–Crippen LogP) is 2.07. The molecule has 2 saturated heterocycles. The van der Waals surface area contributed by atoms with Crippen LogP contribution in [0.3, 0.4) is 0 Å². The molecular formula is C19H19N3O4S. The Bertz CT molecular complexity index is 959. The Kier molecular flexibility index (Phi) is 4.75. The highest BCUT2D eigenvalue weighted by Gasteiger charge is 2.37. The second-order valence-electron chi connectivity index (χ2n) is 6.47. The van der Waals surface area contributed by atoms with Gasteiger partial charge < -0.3 is 14.2 Å². The number of morpholine rings is 1. The fourth-order valence-corrected chi connectivity index (χ4v) is 4.14. The van der Waals surface area contributed by atoms with Gasteiger partial charge in [-0.25, -0.2) is 0 Å². The van der Waals surface area contributed by atoms with E-state index in [1.165, 1.54) is 0 Å². The topological polar surface area (TPSA) is 71.8 Å². The summed E-state index contributed by atoms with van der Waals surface area (Å²) < 4.78 is 7.21. The second-order valence-corrected chi connectivity index (χ2v) is 7.47. The third-order valence-electron chi connectivity index (χ3n) is 4.75. The first-order valence-corrected chi connectivity index (χ1v) is 9.51. The van der Waals surface area contributed by atoms with Gasteiger partial charge in [-0.3, -0.25) is 19.3 Å². The number of hydrogen-bond donors (Lipinski definition) is 0. The lowest BCUT2D eigenvalue weighted by atomic mass is 10.1. The van der Waals surface area contributed by atoms with E-state index in [1.54, 1.807) is 11.0 Å². The van der Waals surface area contributed by atoms with Gasteiger partial charge in [-0.05, 0) is 23.9 Å². The van der Waals surface area contributed by atoms with Crippen LogP contribution in [0.2, 0.25) is 0 Å². The summed E-state index contributed by atoms with van der Waals surface area (Å²) in [7, 11) is 1.94. The fraction of sp³-hybridized carbons (Fsp3) is 0.316. The monoisotopic (exact) mass is 385 g/mol. The van der Waals surface area contributed by atoms with Crippen molar-refractivity contribution in [2.45, 2.75) is 0 Å². The zero-order valence-electron chi connectivity index (χ0n) is 14.9. The summed E-state index contributed by atoms with van der Waals surface area (Å²) in [6.45, 7) is 1.71. The molecule has 0 atom stereocenters. The average Bonchev–Trinajstić information content (AvgIpc) is 3.14. The molecule has 7 nitrogen and oxygen atoms in total. The summed E-state index contributed by atoms with van der Waals surface area (Å²) in [5.41, 5.74) is 1.92. The number of aromatic nitrogens is 1. The van der Waals surface area contributed by atoms with Crippen LogP contribution in [0, 0.1) is 0 Å². The summed E-state index contributed by atoms with van der Waals surface area (Å²) in [5, 5.41) is 0.601. The van der Waals surface area contributed by atoms with Crippen LogP contribution in [0.25, 0.3) is 17.0 Å². The molecule has 1 aromatic heterocycles. The van der Waals surface area contributed by atoms with Gasteiger partial charge >= 0.3 is 0 Å². The minimum atomic E-state index is -0.417. The molecule has 0 N–H and O–H groups in total. The van der Waals surface area contributed by atoms with Gasteiger partial charge in [-0.1, -0.05) is 18.2 Å². The number of carbonyl (C=O) groups excluding carboxylic acids is 3. The Morgan fingerprint density at radius 2 is 1.96 bits per heavy atom. The SMILES string of the molecule is Cn1cc(/C=C2/SC(=O)N(CC(=O)N3CCOCC3)C2=O)c2ccccc21. The zero-order chi connectivity index (χ0) is 19.0. The number of amides is 3. The highest BCUT2D eigenvalue weighted by atomic mass is 32.2. The maximum atomic E-state index is 12.7. The minimum Gasteiger partial charge on any atom is -0.378 e. The lowest BCUT2D eigenvalue weighted by molar-refractivity contribution is -0.139. The van der Waals surface area contributed by atoms with Crippen LogP contribution in [0.1, 0.15) is 5.56 Å². The maximum Gasteiger partial charge on any atom is 0.294 e. The van der Waals surface area contributed by atoms with Crippen LogP contribution in [0.15, 0.2) is 35.4 Å². The number of thioether (sulfide) groups is 1. The van der Waals surface area contributed by atoms with Crippen molar-refractivity contribution in [1.82, 2.24) is 14.4 Å². The van der Waals surface area contributed by atoms with Crippen LogP contribution in [-0.4, -0.2) is 64.3 Å². The molecule has 8 heteroatoms. The first-order chi connectivity index (χ1) is 13.0. The van der Waals surface area contributed by atoms with Gasteiger partial charge in [0.2, 0.25) is 5.91 Å². The fourth-order valence-electron chi connectivity index (χ4n) is 3.31. The number of rotatable bonds is 3. The largest absolute Gasteiger partial charge is 0.378 e. The Morgan fingerprint density at radius 3 is 2.74 bits per heavy atom. The van der Waals surface area contributed by atoms with Crippen molar-refractivity contribution in [3.05, 3.63) is 40.9 Å². The van der Waals surface area contributed by atoms with Gasteiger partial charge in [0, 0.05) is 42.8 Å². The first-order valence-electron chi connectivity index (χ1n) is 8.69. The molecule has 2 aliphatic heterocycles. The van der Waals surface area contributed by atoms with E-state index in [4.69, 9.17) is 4.74 Å². The number of hydrogen-bond acceptors (Lipinski definition) is 5. The molecule has 3 heterocycles. The molecule has 2 fully saturated rings. The Labute approximate surface area is 160 Å². The number of para-hydroxylation sites is 1. The van der Waals surface area contributed by atoms with Crippen LogP contribution in [0.4, 0.5) is 4.79 Å². The second kappa shape index (κ2) is 7.21. The summed E-state index contributed by atoms with van der Waals surface area (Å²) in [6.07, 6.45) is 3.66. The molecular weight excluding hydrogens is 366 g/mol. The maximum absolute atomic E-state index is 12.7. The van der Waals surface area contributed by atoms with E-state index in [-0.39, 0.29) is 12.5 Å². The third kappa shape index (κ3) is 3.38. The normalized spacial score (nSPS) is 19.5. The van der Waals surface area contributed by atoms with Gasteiger partial charge in [0.1, 0.15) is 6.54 Å². The van der Waals surface area contributed by atoms with Crippen molar-refractivity contribution < 1.29 is 19.1 Å². The van der Waals surface area contributed by atoms with Crippen LogP contribution in [-0.2, 0) is 21.4 Å². The number of aryl methyl sites for hydroxylation is 1. The average molecular weight is 385 g/mol. The predicted molar refractivity (Wildman–Crippen MR) is 103 cm³/mol. The molecule has 1 aromatic carbocycles. The molecule has 3 amide bonds. The smallest absolute Gasteiger partial charge is 0.294 e. The highest BCUT2D eigenvalue weighted by Crippen LogP contribution is 2.34. The molecule has 0 radical (unpaired) electrons. The molecule has 2 aliphatic rings. The molecule has 0 unspecified atom stereocenters. The van der Waals surface area contributed by atoms with E-state index in [1.807, 2.05) is 42.1 Å². The summed E-state index contributed by atoms with van der Waals surface area (Å²) in [5.74, 6) is -0.647. The van der Waals surface area contributed by atoms with Gasteiger partial charge in [-0.2, -0.15) is 0 Å². The summed E-state index contributed by atoms with van der Waals surface area (Å²) in [6, 6.07) is 7.87. The van der Waals surface area contributed by atoms with Crippen LogP contribution >= 0.6 is 11.8 Å². The van der Waals surface area contributed by atoms with E-state index < -0.39 is 11.1 Å². The molecule has 4 rings (SSSR count). The molecule has 0 bridgehead atoms. The van der Waals surface area contributed by atoms with Gasteiger partial charge in [-0.15, -0.1) is 0 Å². The van der Waals surface area contributed by atoms with E-state index >= 15 is 0 Å². The van der Waals surface area contributed by atoms with E-state index in [0.717, 1.165) is 33.1 Å². The minimum absolute atomic E-state index is 0.225. The Hall–Kier alpha value is -2.58. The standard InChI is InChI=1S/C19H19N3O4S/c1-20-11-13(14-4-2-3-5-15(14)20)10-16-18(24)22(19(25)27-16)12-17(23)21-6-8-26-9-7-21/h2-5,10-11H,6-9,12H2,1H3/b16-10+. The lowest BCUT2D eigenvalue weighted by Crippen LogP contribution is -2.46. The number of benzene rings is 1. The van der Waals surface area contributed by atoms with E-state index in [0.29, 0.717) is 31.2 Å². The molecule has 0 aliphatic carbocycles. The lowest BCUT2D eigenvalue weighted by Gasteiger charge is -2.28. The van der Waals surface area contributed by atoms with E-state index in [2.05, 4.69) is 0 Å². The summed E-state index contributed by atoms with van der Waals surface area (Å²) >= 11 is 0.877. The van der Waals surface area contributed by atoms with Gasteiger partial charge in [0.15, 0.2) is 0 Å². The van der Waals surface area contributed by atoms with Crippen molar-refractivity contribution in [1.29, 1.82) is 0 Å². The highest BCUT2D eigenvalue weighted by molar-refractivity contribution is 8.18. The van der Waals surface area contributed by atoms with Crippen molar-refractivity contribution in [3.8, 4) is 0 Å². The van der Waals surface area contributed by atoms with Crippen molar-refractivity contribution in [2.75, 3.05) is 32.8 Å². The number of imide groups is 1. The van der Waals surface area contributed by atoms with Crippen LogP contribution in [0.5, 0.6) is 0 Å². The number of nitrogens with zero attached hydrogens (tertiary/aromatic N) is 3. The number of ether oxygens (including phenoxy) is 1. The van der Waals surface area contributed by atoms with Crippen molar-refractivity contribution >= 4 is 45.8 Å². The molecule has 0 spiro atoms.